The number of hydrogen-bond acceptors (Lipinski definition) is 4. The molecule has 1 aliphatic rings. The number of halogens is 1. The fraction of sp³-hybridized carbons (Fsp3) is 0.235. The van der Waals surface area contributed by atoms with E-state index in [0.29, 0.717) is 13.2 Å². The second-order valence-corrected chi connectivity index (χ2v) is 6.05. The van der Waals surface area contributed by atoms with Gasteiger partial charge in [0.2, 0.25) is 0 Å². The lowest BCUT2D eigenvalue weighted by molar-refractivity contribution is 0.170. The molecule has 1 heterocycles. The highest BCUT2D eigenvalue weighted by atomic mass is 79.9. The number of nitrogens with zero attached hydrogens (tertiary/aromatic N) is 2. The summed E-state index contributed by atoms with van der Waals surface area (Å²) in [5.41, 5.74) is 3.05. The molecule has 0 amide bonds. The van der Waals surface area contributed by atoms with Crippen LogP contribution in [0.15, 0.2) is 45.9 Å². The first-order chi connectivity index (χ1) is 10.6. The summed E-state index contributed by atoms with van der Waals surface area (Å²) in [6, 6.07) is 12.1. The van der Waals surface area contributed by atoms with Crippen LogP contribution in [0.3, 0.4) is 0 Å². The first-order valence-electron chi connectivity index (χ1n) is 7.04. The number of ether oxygens (including phenoxy) is 2. The lowest BCUT2D eigenvalue weighted by Crippen LogP contribution is -2.15. The van der Waals surface area contributed by atoms with Gasteiger partial charge in [-0.05, 0) is 39.7 Å². The summed E-state index contributed by atoms with van der Waals surface area (Å²) in [4.78, 5) is 6.58. The predicted octanol–water partition coefficient (Wildman–Crippen LogP) is 4.04. The third-order valence-corrected chi connectivity index (χ3v) is 3.94. The molecule has 1 aliphatic heterocycles. The molecule has 0 spiro atoms. The minimum absolute atomic E-state index is 0.568. The number of hydrogen-bond donors (Lipinski definition) is 0. The van der Waals surface area contributed by atoms with Gasteiger partial charge >= 0.3 is 0 Å². The molecule has 3 rings (SSSR count). The highest BCUT2D eigenvalue weighted by molar-refractivity contribution is 9.10. The summed E-state index contributed by atoms with van der Waals surface area (Å²) >= 11 is 3.50. The third kappa shape index (κ3) is 3.25. The lowest BCUT2D eigenvalue weighted by atomic mass is 10.2. The summed E-state index contributed by atoms with van der Waals surface area (Å²) in [5.74, 6) is 1.48. The molecular weight excluding hydrogens is 344 g/mol. The zero-order valence-corrected chi connectivity index (χ0v) is 14.1. The molecule has 2 aromatic rings. The van der Waals surface area contributed by atoms with Crippen LogP contribution in [-0.4, -0.2) is 33.5 Å². The molecule has 0 aliphatic carbocycles. The zero-order chi connectivity index (χ0) is 15.5. The monoisotopic (exact) mass is 360 g/mol. The average Bonchev–Trinajstić information content (AvgIpc) is 2.53. The first-order valence-corrected chi connectivity index (χ1v) is 7.83. The maximum Gasteiger partial charge on any atom is 0.175 e. The molecule has 5 heteroatoms. The van der Waals surface area contributed by atoms with Gasteiger partial charge in [-0.2, -0.15) is 0 Å². The highest BCUT2D eigenvalue weighted by Crippen LogP contribution is 2.40. The first kappa shape index (κ1) is 14.9. The third-order valence-electron chi connectivity index (χ3n) is 3.35. The van der Waals surface area contributed by atoms with E-state index in [1.165, 1.54) is 5.69 Å². The van der Waals surface area contributed by atoms with Crippen molar-refractivity contribution in [3.05, 3.63) is 46.4 Å². The quantitative estimate of drug-likeness (QED) is 0.774. The average molecular weight is 361 g/mol. The van der Waals surface area contributed by atoms with Crippen LogP contribution in [0.1, 0.15) is 5.56 Å². The highest BCUT2D eigenvalue weighted by Gasteiger charge is 2.15. The SMILES string of the molecule is CN(C)c1ccc(C=Nc2cc(Br)c3c(c2)OCCO3)cc1. The van der Waals surface area contributed by atoms with Crippen LogP contribution in [0.4, 0.5) is 11.4 Å². The second-order valence-electron chi connectivity index (χ2n) is 5.20. The van der Waals surface area contributed by atoms with Crippen molar-refractivity contribution in [3.8, 4) is 11.5 Å². The number of benzene rings is 2. The smallest absolute Gasteiger partial charge is 0.175 e. The Morgan fingerprint density at radius 1 is 1.09 bits per heavy atom. The van der Waals surface area contributed by atoms with Crippen molar-refractivity contribution < 1.29 is 9.47 Å². The summed E-state index contributed by atoms with van der Waals surface area (Å²) < 4.78 is 12.0. The van der Waals surface area contributed by atoms with Gasteiger partial charge in [-0.3, -0.25) is 4.99 Å². The standard InChI is InChI=1S/C17H17BrN2O2/c1-20(2)14-5-3-12(4-6-14)11-19-13-9-15(18)17-16(10-13)21-7-8-22-17/h3-6,9-11H,7-8H2,1-2H3. The Hall–Kier alpha value is -2.01. The van der Waals surface area contributed by atoms with E-state index in [1.807, 2.05) is 44.6 Å². The van der Waals surface area contributed by atoms with Crippen molar-refractivity contribution in [3.63, 3.8) is 0 Å². The molecule has 0 bridgehead atoms. The van der Waals surface area contributed by atoms with Gasteiger partial charge < -0.3 is 14.4 Å². The maximum absolute atomic E-state index is 5.60. The van der Waals surface area contributed by atoms with Gasteiger partial charge in [0.1, 0.15) is 13.2 Å². The number of rotatable bonds is 3. The van der Waals surface area contributed by atoms with Gasteiger partial charge in [0, 0.05) is 32.1 Å². The van der Waals surface area contributed by atoms with Crippen LogP contribution in [0, 0.1) is 0 Å². The fourth-order valence-corrected chi connectivity index (χ4v) is 2.72. The summed E-state index contributed by atoms with van der Waals surface area (Å²) in [5, 5.41) is 0. The Bertz CT molecular complexity index is 697. The Morgan fingerprint density at radius 3 is 2.55 bits per heavy atom. The Labute approximate surface area is 138 Å². The molecule has 4 nitrogen and oxygen atoms in total. The Kier molecular flexibility index (Phi) is 4.34. The van der Waals surface area contributed by atoms with E-state index < -0.39 is 0 Å². The van der Waals surface area contributed by atoms with Gasteiger partial charge in [-0.1, -0.05) is 12.1 Å². The van der Waals surface area contributed by atoms with Gasteiger partial charge in [0.15, 0.2) is 11.5 Å². The van der Waals surface area contributed by atoms with Gasteiger partial charge in [0.05, 0.1) is 10.2 Å². The van der Waals surface area contributed by atoms with Crippen molar-refractivity contribution in [2.24, 2.45) is 4.99 Å². The van der Waals surface area contributed by atoms with E-state index in [9.17, 15) is 0 Å². The normalized spacial score (nSPS) is 13.4. The van der Waals surface area contributed by atoms with Crippen molar-refractivity contribution in [2.45, 2.75) is 0 Å². The molecule has 0 unspecified atom stereocenters. The molecule has 0 fully saturated rings. The van der Waals surface area contributed by atoms with Gasteiger partial charge in [-0.25, -0.2) is 0 Å². The van der Waals surface area contributed by atoms with Gasteiger partial charge in [0.25, 0.3) is 0 Å². The molecule has 0 aromatic heterocycles. The van der Waals surface area contributed by atoms with Crippen LogP contribution in [-0.2, 0) is 0 Å². The zero-order valence-electron chi connectivity index (χ0n) is 12.5. The van der Waals surface area contributed by atoms with Crippen molar-refractivity contribution >= 4 is 33.5 Å². The molecule has 0 N–H and O–H groups in total. The fourth-order valence-electron chi connectivity index (χ4n) is 2.18. The summed E-state index contributed by atoms with van der Waals surface area (Å²) in [6.45, 7) is 1.14. The summed E-state index contributed by atoms with van der Waals surface area (Å²) in [6.07, 6.45) is 1.84. The van der Waals surface area contributed by atoms with Gasteiger partial charge in [-0.15, -0.1) is 0 Å². The van der Waals surface area contributed by atoms with Crippen molar-refractivity contribution in [1.82, 2.24) is 0 Å². The van der Waals surface area contributed by atoms with E-state index in [-0.39, 0.29) is 0 Å². The van der Waals surface area contributed by atoms with E-state index >= 15 is 0 Å². The van der Waals surface area contributed by atoms with E-state index in [1.54, 1.807) is 0 Å². The van der Waals surface area contributed by atoms with Crippen molar-refractivity contribution in [2.75, 3.05) is 32.2 Å². The molecule has 22 heavy (non-hydrogen) atoms. The van der Waals surface area contributed by atoms with Crippen LogP contribution < -0.4 is 14.4 Å². The Balaban J connectivity index is 1.81. The largest absolute Gasteiger partial charge is 0.486 e. The minimum Gasteiger partial charge on any atom is -0.486 e. The second kappa shape index (κ2) is 6.40. The minimum atomic E-state index is 0.568. The van der Waals surface area contributed by atoms with E-state index in [4.69, 9.17) is 9.47 Å². The lowest BCUT2D eigenvalue weighted by Gasteiger charge is -2.19. The van der Waals surface area contributed by atoms with Crippen LogP contribution in [0.2, 0.25) is 0 Å². The van der Waals surface area contributed by atoms with E-state index in [0.717, 1.165) is 27.2 Å². The van der Waals surface area contributed by atoms with Crippen LogP contribution >= 0.6 is 15.9 Å². The number of fused-ring (bicyclic) bond motifs is 1. The number of anilines is 1. The summed E-state index contributed by atoms with van der Waals surface area (Å²) in [7, 11) is 4.05. The molecule has 0 saturated carbocycles. The topological polar surface area (TPSA) is 34.1 Å². The van der Waals surface area contributed by atoms with Crippen molar-refractivity contribution in [1.29, 1.82) is 0 Å². The maximum atomic E-state index is 5.60. The molecule has 0 radical (unpaired) electrons. The van der Waals surface area contributed by atoms with Crippen LogP contribution in [0.5, 0.6) is 11.5 Å². The molecule has 114 valence electrons. The predicted molar refractivity (Wildman–Crippen MR) is 93.2 cm³/mol. The number of aliphatic imine (C=N–C) groups is 1. The van der Waals surface area contributed by atoms with Crippen LogP contribution in [0.25, 0.3) is 0 Å². The van der Waals surface area contributed by atoms with E-state index in [2.05, 4.69) is 38.0 Å². The molecule has 2 aromatic carbocycles. The molecular formula is C17H17BrN2O2. The molecule has 0 atom stereocenters. The molecule has 0 saturated heterocycles. The Morgan fingerprint density at radius 2 is 1.82 bits per heavy atom.